The Morgan fingerprint density at radius 1 is 1.18 bits per heavy atom. The van der Waals surface area contributed by atoms with Crippen molar-refractivity contribution in [2.45, 2.75) is 6.42 Å². The standard InChI is InChI=1S/C12H8BrFN2O/c13-8-1-3-10(15-6-8)5-12(17)11-4-2-9(14)7-16-11/h1-4,6-7H,5H2. The van der Waals surface area contributed by atoms with Crippen molar-refractivity contribution >= 4 is 21.7 Å². The number of Topliss-reactive ketones (excluding diaryl/α,β-unsaturated/α-hetero) is 1. The molecule has 2 rings (SSSR count). The second-order valence-corrected chi connectivity index (χ2v) is 4.35. The van der Waals surface area contributed by atoms with Gasteiger partial charge in [-0.3, -0.25) is 14.8 Å². The number of halogens is 2. The third-order valence-corrected chi connectivity index (χ3v) is 2.61. The highest BCUT2D eigenvalue weighted by atomic mass is 79.9. The van der Waals surface area contributed by atoms with E-state index in [1.807, 2.05) is 6.07 Å². The molecule has 3 nitrogen and oxygen atoms in total. The molecule has 0 amide bonds. The van der Waals surface area contributed by atoms with Gasteiger partial charge >= 0.3 is 0 Å². The van der Waals surface area contributed by atoms with Crippen LogP contribution in [0, 0.1) is 5.82 Å². The van der Waals surface area contributed by atoms with Crippen molar-refractivity contribution in [3.63, 3.8) is 0 Å². The summed E-state index contributed by atoms with van der Waals surface area (Å²) in [6.07, 6.45) is 2.81. The fourth-order valence-electron chi connectivity index (χ4n) is 1.31. The third-order valence-electron chi connectivity index (χ3n) is 2.14. The molecule has 0 aliphatic carbocycles. The minimum atomic E-state index is -0.455. The van der Waals surface area contributed by atoms with Crippen LogP contribution >= 0.6 is 15.9 Å². The average Bonchev–Trinajstić information content (AvgIpc) is 2.33. The summed E-state index contributed by atoms with van der Waals surface area (Å²) < 4.78 is 13.5. The summed E-state index contributed by atoms with van der Waals surface area (Å²) in [7, 11) is 0. The summed E-state index contributed by atoms with van der Waals surface area (Å²) >= 11 is 3.26. The van der Waals surface area contributed by atoms with Crippen LogP contribution in [-0.4, -0.2) is 15.8 Å². The quantitative estimate of drug-likeness (QED) is 0.818. The summed E-state index contributed by atoms with van der Waals surface area (Å²) in [5, 5.41) is 0. The van der Waals surface area contributed by atoms with Crippen LogP contribution in [0.1, 0.15) is 16.2 Å². The van der Waals surface area contributed by atoms with E-state index in [1.54, 1.807) is 12.3 Å². The number of pyridine rings is 2. The zero-order valence-corrected chi connectivity index (χ0v) is 10.3. The molecule has 0 aromatic carbocycles. The van der Waals surface area contributed by atoms with Gasteiger partial charge in [-0.2, -0.15) is 0 Å². The molecule has 0 N–H and O–H groups in total. The first-order chi connectivity index (χ1) is 8.15. The van der Waals surface area contributed by atoms with E-state index in [0.717, 1.165) is 10.7 Å². The topological polar surface area (TPSA) is 42.9 Å². The summed E-state index contributed by atoms with van der Waals surface area (Å²) in [5.74, 6) is -0.636. The number of rotatable bonds is 3. The van der Waals surface area contributed by atoms with Gasteiger partial charge in [-0.25, -0.2) is 4.39 Å². The van der Waals surface area contributed by atoms with Crippen LogP contribution in [0.3, 0.4) is 0 Å². The number of hydrogen-bond acceptors (Lipinski definition) is 3. The van der Waals surface area contributed by atoms with E-state index in [4.69, 9.17) is 0 Å². The molecule has 0 fully saturated rings. The first-order valence-electron chi connectivity index (χ1n) is 4.90. The predicted molar refractivity (Wildman–Crippen MR) is 64.2 cm³/mol. The van der Waals surface area contributed by atoms with Gasteiger partial charge in [0.25, 0.3) is 0 Å². The van der Waals surface area contributed by atoms with Crippen LogP contribution in [0.5, 0.6) is 0 Å². The molecule has 0 unspecified atom stereocenters. The molecule has 86 valence electrons. The number of aromatic nitrogens is 2. The van der Waals surface area contributed by atoms with Gasteiger partial charge in [0.2, 0.25) is 0 Å². The summed E-state index contributed by atoms with van der Waals surface area (Å²) in [6.45, 7) is 0. The fraction of sp³-hybridized carbons (Fsp3) is 0.0833. The first-order valence-corrected chi connectivity index (χ1v) is 5.69. The number of hydrogen-bond donors (Lipinski definition) is 0. The molecule has 0 bridgehead atoms. The molecule has 0 radical (unpaired) electrons. The van der Waals surface area contributed by atoms with Crippen molar-refractivity contribution in [2.24, 2.45) is 0 Å². The molecular formula is C12H8BrFN2O. The number of carbonyl (C=O) groups excluding carboxylic acids is 1. The highest BCUT2D eigenvalue weighted by Crippen LogP contribution is 2.09. The average molecular weight is 295 g/mol. The smallest absolute Gasteiger partial charge is 0.187 e. The zero-order chi connectivity index (χ0) is 12.3. The molecule has 2 heterocycles. The Balaban J connectivity index is 2.11. The SMILES string of the molecule is O=C(Cc1ccc(Br)cn1)c1ccc(F)cn1. The molecule has 0 saturated carbocycles. The van der Waals surface area contributed by atoms with E-state index in [1.165, 1.54) is 12.1 Å². The van der Waals surface area contributed by atoms with Crippen molar-refractivity contribution in [1.29, 1.82) is 0 Å². The first kappa shape index (κ1) is 11.9. The molecule has 0 aliphatic rings. The van der Waals surface area contributed by atoms with Gasteiger partial charge in [-0.05, 0) is 40.2 Å². The molecule has 0 spiro atoms. The minimum absolute atomic E-state index is 0.159. The summed E-state index contributed by atoms with van der Waals surface area (Å²) in [4.78, 5) is 19.6. The Hall–Kier alpha value is -1.62. The number of carbonyl (C=O) groups is 1. The van der Waals surface area contributed by atoms with Crippen LogP contribution in [-0.2, 0) is 6.42 Å². The van der Waals surface area contributed by atoms with E-state index >= 15 is 0 Å². The van der Waals surface area contributed by atoms with Gasteiger partial charge < -0.3 is 0 Å². The lowest BCUT2D eigenvalue weighted by atomic mass is 10.1. The number of nitrogens with zero attached hydrogens (tertiary/aromatic N) is 2. The largest absolute Gasteiger partial charge is 0.292 e. The lowest BCUT2D eigenvalue weighted by Crippen LogP contribution is -2.07. The zero-order valence-electron chi connectivity index (χ0n) is 8.73. The normalized spacial score (nSPS) is 10.2. The van der Waals surface area contributed by atoms with E-state index in [-0.39, 0.29) is 17.9 Å². The molecule has 0 atom stereocenters. The maximum Gasteiger partial charge on any atom is 0.187 e. The Kier molecular flexibility index (Phi) is 3.58. The summed E-state index contributed by atoms with van der Waals surface area (Å²) in [6, 6.07) is 6.16. The molecular weight excluding hydrogens is 287 g/mol. The lowest BCUT2D eigenvalue weighted by Gasteiger charge is -2.00. The van der Waals surface area contributed by atoms with Crippen LogP contribution in [0.2, 0.25) is 0 Å². The Morgan fingerprint density at radius 3 is 2.59 bits per heavy atom. The van der Waals surface area contributed by atoms with Gasteiger partial charge in [0.05, 0.1) is 12.6 Å². The highest BCUT2D eigenvalue weighted by Gasteiger charge is 2.09. The van der Waals surface area contributed by atoms with E-state index < -0.39 is 5.82 Å². The van der Waals surface area contributed by atoms with Gasteiger partial charge in [0.15, 0.2) is 5.78 Å². The van der Waals surface area contributed by atoms with Crippen LogP contribution < -0.4 is 0 Å². The second-order valence-electron chi connectivity index (χ2n) is 3.43. The van der Waals surface area contributed by atoms with Crippen molar-refractivity contribution in [3.8, 4) is 0 Å². The molecule has 2 aromatic rings. The second kappa shape index (κ2) is 5.14. The molecule has 0 saturated heterocycles. The maximum absolute atomic E-state index is 12.6. The van der Waals surface area contributed by atoms with E-state index in [2.05, 4.69) is 25.9 Å². The molecule has 2 aromatic heterocycles. The van der Waals surface area contributed by atoms with Crippen molar-refractivity contribution in [1.82, 2.24) is 9.97 Å². The Bertz CT molecular complexity index is 525. The third kappa shape index (κ3) is 3.17. The molecule has 17 heavy (non-hydrogen) atoms. The van der Waals surface area contributed by atoms with Crippen molar-refractivity contribution in [2.75, 3.05) is 0 Å². The van der Waals surface area contributed by atoms with Gasteiger partial charge in [0.1, 0.15) is 11.5 Å². The van der Waals surface area contributed by atoms with Crippen molar-refractivity contribution < 1.29 is 9.18 Å². The monoisotopic (exact) mass is 294 g/mol. The summed E-state index contributed by atoms with van der Waals surface area (Å²) in [5.41, 5.74) is 0.903. The van der Waals surface area contributed by atoms with E-state index in [9.17, 15) is 9.18 Å². The van der Waals surface area contributed by atoms with Crippen LogP contribution in [0.15, 0.2) is 41.1 Å². The van der Waals surface area contributed by atoms with Gasteiger partial charge in [-0.1, -0.05) is 0 Å². The van der Waals surface area contributed by atoms with Crippen molar-refractivity contribution in [3.05, 3.63) is 58.3 Å². The van der Waals surface area contributed by atoms with Crippen LogP contribution in [0.25, 0.3) is 0 Å². The fourth-order valence-corrected chi connectivity index (χ4v) is 1.54. The highest BCUT2D eigenvalue weighted by molar-refractivity contribution is 9.10. The van der Waals surface area contributed by atoms with E-state index in [0.29, 0.717) is 5.69 Å². The maximum atomic E-state index is 12.6. The van der Waals surface area contributed by atoms with Crippen LogP contribution in [0.4, 0.5) is 4.39 Å². The molecule has 5 heteroatoms. The minimum Gasteiger partial charge on any atom is -0.292 e. The number of ketones is 1. The Morgan fingerprint density at radius 2 is 2.00 bits per heavy atom. The van der Waals surface area contributed by atoms with Gasteiger partial charge in [-0.15, -0.1) is 0 Å². The lowest BCUT2D eigenvalue weighted by molar-refractivity contribution is 0.0987. The molecule has 0 aliphatic heterocycles. The van der Waals surface area contributed by atoms with Gasteiger partial charge in [0, 0.05) is 16.4 Å². The Labute approximate surface area is 106 Å². The predicted octanol–water partition coefficient (Wildman–Crippen LogP) is 2.80.